The maximum absolute atomic E-state index is 12.5. The SMILES string of the molecule is COc1ccc(N2CCn3c2nn(Cc2ccc(Cl)cc2)c(=O)c3=O)cc1. The van der Waals surface area contributed by atoms with E-state index in [1.54, 1.807) is 19.2 Å². The highest BCUT2D eigenvalue weighted by molar-refractivity contribution is 6.30. The van der Waals surface area contributed by atoms with Gasteiger partial charge < -0.3 is 9.64 Å². The van der Waals surface area contributed by atoms with Crippen molar-refractivity contribution >= 4 is 23.2 Å². The van der Waals surface area contributed by atoms with E-state index in [9.17, 15) is 9.59 Å². The van der Waals surface area contributed by atoms with E-state index in [2.05, 4.69) is 5.10 Å². The Morgan fingerprint density at radius 2 is 1.70 bits per heavy atom. The van der Waals surface area contributed by atoms with E-state index in [-0.39, 0.29) is 6.54 Å². The largest absolute Gasteiger partial charge is 0.497 e. The highest BCUT2D eigenvalue weighted by Gasteiger charge is 2.26. The second kappa shape index (κ2) is 6.92. The van der Waals surface area contributed by atoms with E-state index in [4.69, 9.17) is 16.3 Å². The number of nitrogens with zero attached hydrogens (tertiary/aromatic N) is 4. The Labute approximate surface area is 160 Å². The molecule has 0 aliphatic carbocycles. The summed E-state index contributed by atoms with van der Waals surface area (Å²) in [5, 5.41) is 5.07. The van der Waals surface area contributed by atoms with Gasteiger partial charge in [-0.2, -0.15) is 0 Å². The summed E-state index contributed by atoms with van der Waals surface area (Å²) in [7, 11) is 1.61. The standard InChI is InChI=1S/C19H17ClN4O3/c1-27-16-8-6-15(7-9-16)22-10-11-23-17(25)18(26)24(21-19(22)23)12-13-2-4-14(20)5-3-13/h2-9H,10-12H2,1H3. The summed E-state index contributed by atoms with van der Waals surface area (Å²) in [6.07, 6.45) is 0. The number of hydrogen-bond donors (Lipinski definition) is 0. The van der Waals surface area contributed by atoms with Crippen LogP contribution in [0.2, 0.25) is 5.02 Å². The van der Waals surface area contributed by atoms with Crippen LogP contribution < -0.4 is 20.8 Å². The average Bonchev–Trinajstić information content (AvgIpc) is 3.11. The quantitative estimate of drug-likeness (QED) is 0.645. The molecule has 0 fully saturated rings. The molecular weight excluding hydrogens is 368 g/mol. The van der Waals surface area contributed by atoms with Crippen molar-refractivity contribution in [1.29, 1.82) is 0 Å². The fourth-order valence-electron chi connectivity index (χ4n) is 3.10. The Kier molecular flexibility index (Phi) is 4.45. The van der Waals surface area contributed by atoms with Gasteiger partial charge in [0.05, 0.1) is 13.7 Å². The van der Waals surface area contributed by atoms with Crippen LogP contribution in [0.1, 0.15) is 5.56 Å². The second-order valence-corrected chi connectivity index (χ2v) is 6.63. The number of aromatic nitrogens is 3. The molecular formula is C19H17ClN4O3. The van der Waals surface area contributed by atoms with Gasteiger partial charge in [0.15, 0.2) is 0 Å². The number of ether oxygens (including phenoxy) is 1. The zero-order valence-electron chi connectivity index (χ0n) is 14.6. The number of benzene rings is 2. The number of hydrogen-bond acceptors (Lipinski definition) is 5. The molecule has 1 aliphatic heterocycles. The van der Waals surface area contributed by atoms with E-state index in [1.165, 1.54) is 9.25 Å². The highest BCUT2D eigenvalue weighted by atomic mass is 35.5. The van der Waals surface area contributed by atoms with Crippen LogP contribution in [0.5, 0.6) is 5.75 Å². The van der Waals surface area contributed by atoms with Gasteiger partial charge in [-0.25, -0.2) is 4.68 Å². The second-order valence-electron chi connectivity index (χ2n) is 6.20. The molecule has 0 saturated heterocycles. The van der Waals surface area contributed by atoms with Crippen LogP contribution in [0, 0.1) is 0 Å². The monoisotopic (exact) mass is 384 g/mol. The van der Waals surface area contributed by atoms with Crippen molar-refractivity contribution in [3.63, 3.8) is 0 Å². The Morgan fingerprint density at radius 1 is 1.00 bits per heavy atom. The minimum atomic E-state index is -0.634. The van der Waals surface area contributed by atoms with Crippen LogP contribution in [0.15, 0.2) is 58.1 Å². The summed E-state index contributed by atoms with van der Waals surface area (Å²) in [6.45, 7) is 1.19. The first-order valence-corrected chi connectivity index (χ1v) is 8.82. The van der Waals surface area contributed by atoms with Crippen molar-refractivity contribution in [2.45, 2.75) is 13.1 Å². The maximum Gasteiger partial charge on any atom is 0.333 e. The van der Waals surface area contributed by atoms with Crippen LogP contribution in [0.3, 0.4) is 0 Å². The minimum Gasteiger partial charge on any atom is -0.497 e. The van der Waals surface area contributed by atoms with Crippen molar-refractivity contribution in [3.05, 3.63) is 79.8 Å². The van der Waals surface area contributed by atoms with Gasteiger partial charge in [-0.15, -0.1) is 5.10 Å². The first kappa shape index (κ1) is 17.4. The molecule has 1 aliphatic rings. The number of fused-ring (bicyclic) bond motifs is 1. The zero-order chi connectivity index (χ0) is 19.0. The van der Waals surface area contributed by atoms with Crippen LogP contribution in [0.25, 0.3) is 0 Å². The van der Waals surface area contributed by atoms with Gasteiger partial charge in [0.25, 0.3) is 0 Å². The molecule has 8 heteroatoms. The first-order valence-electron chi connectivity index (χ1n) is 8.45. The number of methoxy groups -OCH3 is 1. The molecule has 0 saturated carbocycles. The van der Waals surface area contributed by atoms with E-state index >= 15 is 0 Å². The predicted molar refractivity (Wildman–Crippen MR) is 103 cm³/mol. The molecule has 0 radical (unpaired) electrons. The Hall–Kier alpha value is -3.06. The molecule has 2 heterocycles. The fourth-order valence-corrected chi connectivity index (χ4v) is 3.23. The van der Waals surface area contributed by atoms with Gasteiger partial charge in [0, 0.05) is 23.8 Å². The topological polar surface area (TPSA) is 69.4 Å². The van der Waals surface area contributed by atoms with E-state index in [0.29, 0.717) is 24.1 Å². The average molecular weight is 385 g/mol. The van der Waals surface area contributed by atoms with Gasteiger partial charge in [-0.1, -0.05) is 23.7 Å². The molecule has 7 nitrogen and oxygen atoms in total. The van der Waals surface area contributed by atoms with Crippen molar-refractivity contribution in [1.82, 2.24) is 14.3 Å². The van der Waals surface area contributed by atoms with Gasteiger partial charge in [-0.05, 0) is 42.0 Å². The molecule has 0 unspecified atom stereocenters. The molecule has 0 amide bonds. The van der Waals surface area contributed by atoms with Crippen molar-refractivity contribution < 1.29 is 4.74 Å². The summed E-state index contributed by atoms with van der Waals surface area (Å²) >= 11 is 5.90. The molecule has 0 N–H and O–H groups in total. The van der Waals surface area contributed by atoms with E-state index in [1.807, 2.05) is 41.3 Å². The smallest absolute Gasteiger partial charge is 0.333 e. The van der Waals surface area contributed by atoms with E-state index in [0.717, 1.165) is 17.0 Å². The molecule has 2 aromatic carbocycles. The minimum absolute atomic E-state index is 0.204. The van der Waals surface area contributed by atoms with Gasteiger partial charge in [-0.3, -0.25) is 14.2 Å². The lowest BCUT2D eigenvalue weighted by Gasteiger charge is -2.18. The summed E-state index contributed by atoms with van der Waals surface area (Å²) in [6, 6.07) is 14.6. The molecule has 0 atom stereocenters. The molecule has 4 rings (SSSR count). The Morgan fingerprint density at radius 3 is 2.37 bits per heavy atom. The fraction of sp³-hybridized carbons (Fsp3) is 0.211. The summed E-state index contributed by atoms with van der Waals surface area (Å²) in [5.74, 6) is 1.20. The molecule has 3 aromatic rings. The Bertz CT molecular complexity index is 1090. The lowest BCUT2D eigenvalue weighted by molar-refractivity contribution is 0.415. The molecule has 1 aromatic heterocycles. The normalized spacial score (nSPS) is 12.9. The third-order valence-electron chi connectivity index (χ3n) is 4.53. The van der Waals surface area contributed by atoms with Crippen LogP contribution in [0.4, 0.5) is 11.6 Å². The third kappa shape index (κ3) is 3.21. The first-order chi connectivity index (χ1) is 13.1. The van der Waals surface area contributed by atoms with Crippen molar-refractivity contribution in [3.8, 4) is 5.75 Å². The molecule has 27 heavy (non-hydrogen) atoms. The van der Waals surface area contributed by atoms with Crippen LogP contribution >= 0.6 is 11.6 Å². The van der Waals surface area contributed by atoms with Crippen LogP contribution in [-0.2, 0) is 13.1 Å². The Balaban J connectivity index is 1.74. The number of anilines is 2. The molecule has 0 spiro atoms. The lowest BCUT2D eigenvalue weighted by Crippen LogP contribution is -2.42. The molecule has 0 bridgehead atoms. The predicted octanol–water partition coefficient (Wildman–Crippen LogP) is 2.27. The summed E-state index contributed by atoms with van der Waals surface area (Å²) in [4.78, 5) is 26.9. The zero-order valence-corrected chi connectivity index (χ0v) is 15.4. The van der Waals surface area contributed by atoms with E-state index < -0.39 is 11.1 Å². The van der Waals surface area contributed by atoms with Crippen LogP contribution in [-0.4, -0.2) is 28.0 Å². The maximum atomic E-state index is 12.5. The van der Waals surface area contributed by atoms with Gasteiger partial charge >= 0.3 is 11.1 Å². The summed E-state index contributed by atoms with van der Waals surface area (Å²) in [5.41, 5.74) is 0.522. The van der Waals surface area contributed by atoms with Crippen molar-refractivity contribution in [2.75, 3.05) is 18.6 Å². The summed E-state index contributed by atoms with van der Waals surface area (Å²) < 4.78 is 7.81. The van der Waals surface area contributed by atoms with Gasteiger partial charge in [0.1, 0.15) is 5.75 Å². The lowest BCUT2D eigenvalue weighted by atomic mass is 10.2. The van der Waals surface area contributed by atoms with Gasteiger partial charge in [0.2, 0.25) is 5.95 Å². The molecule has 138 valence electrons. The van der Waals surface area contributed by atoms with Crippen molar-refractivity contribution in [2.24, 2.45) is 0 Å². The highest BCUT2D eigenvalue weighted by Crippen LogP contribution is 2.28. The number of rotatable bonds is 4. The third-order valence-corrected chi connectivity index (χ3v) is 4.78. The number of halogens is 1.